The zero-order chi connectivity index (χ0) is 46.5. The molecule has 0 radical (unpaired) electrons. The molecular formula is C33H56N12O13S3. The lowest BCUT2D eigenvalue weighted by atomic mass is 10.1. The maximum Gasteiger partial charge on any atom is 0.303 e. The van der Waals surface area contributed by atoms with Gasteiger partial charge in [-0.1, -0.05) is 0 Å². The minimum Gasteiger partial charge on any atom is -0.481 e. The van der Waals surface area contributed by atoms with Gasteiger partial charge in [-0.25, -0.2) is 0 Å². The molecule has 0 aromatic heterocycles. The van der Waals surface area contributed by atoms with Crippen LogP contribution in [0.3, 0.4) is 0 Å². The van der Waals surface area contributed by atoms with Gasteiger partial charge in [0.2, 0.25) is 65.0 Å². The van der Waals surface area contributed by atoms with Crippen molar-refractivity contribution in [2.75, 3.05) is 55.9 Å². The second-order valence-corrected chi connectivity index (χ2v) is 14.6. The Bertz CT molecular complexity index is 1580. The molecule has 0 unspecified atom stereocenters. The van der Waals surface area contributed by atoms with E-state index in [0.29, 0.717) is 19.4 Å². The van der Waals surface area contributed by atoms with Crippen LogP contribution in [0, 0.1) is 0 Å². The fraction of sp³-hybridized carbons (Fsp3) is 0.636. The highest BCUT2D eigenvalue weighted by Crippen LogP contribution is 2.03. The number of carboxylic acid groups (broad SMARTS) is 1. The molecule has 0 bridgehead atoms. The van der Waals surface area contributed by atoms with Gasteiger partial charge >= 0.3 is 5.97 Å². The minimum atomic E-state index is -1.31. The Kier molecular flexibility index (Phi) is 28.8. The first-order valence-corrected chi connectivity index (χ1v) is 21.0. The van der Waals surface area contributed by atoms with Crippen LogP contribution in [0.15, 0.2) is 0 Å². The molecule has 0 aromatic rings. The minimum absolute atomic E-state index is 0.0736. The van der Waals surface area contributed by atoms with Crippen molar-refractivity contribution >= 4 is 108 Å². The smallest absolute Gasteiger partial charge is 0.303 e. The predicted molar refractivity (Wildman–Crippen MR) is 225 cm³/mol. The van der Waals surface area contributed by atoms with Crippen LogP contribution in [-0.4, -0.2) is 162 Å². The highest BCUT2D eigenvalue weighted by atomic mass is 32.2. The Morgan fingerprint density at radius 2 is 0.951 bits per heavy atom. The van der Waals surface area contributed by atoms with E-state index in [0.717, 1.165) is 11.8 Å². The number of amides is 11. The first-order chi connectivity index (χ1) is 28.7. The van der Waals surface area contributed by atoms with Crippen molar-refractivity contribution in [3.8, 4) is 0 Å². The molecule has 0 saturated carbocycles. The summed E-state index contributed by atoms with van der Waals surface area (Å²) in [6.45, 7) is 0.302. The van der Waals surface area contributed by atoms with E-state index in [4.69, 9.17) is 16.6 Å². The predicted octanol–water partition coefficient (Wildman–Crippen LogP) is -6.94. The zero-order valence-electron chi connectivity index (χ0n) is 33.6. The number of hydrogen-bond acceptors (Lipinski definition) is 16. The molecule has 61 heavy (non-hydrogen) atoms. The molecule has 0 spiro atoms. The summed E-state index contributed by atoms with van der Waals surface area (Å²) in [5.74, 6) is -10.1. The van der Waals surface area contributed by atoms with E-state index in [1.807, 2.05) is 0 Å². The number of carbonyl (C=O) groups excluding carboxylic acids is 11. The quantitative estimate of drug-likeness (QED) is 0.0175. The second-order valence-electron chi connectivity index (χ2n) is 12.8. The molecule has 11 amide bonds. The third kappa shape index (κ3) is 26.5. The van der Waals surface area contributed by atoms with Crippen molar-refractivity contribution in [1.82, 2.24) is 53.2 Å². The van der Waals surface area contributed by atoms with Crippen molar-refractivity contribution in [1.29, 1.82) is 0 Å². The number of nitrogens with one attached hydrogen (secondary N) is 10. The fourth-order valence-corrected chi connectivity index (χ4v) is 6.01. The third-order valence-electron chi connectivity index (χ3n) is 7.69. The molecule has 344 valence electrons. The van der Waals surface area contributed by atoms with Gasteiger partial charge in [0, 0.05) is 37.5 Å². The van der Waals surface area contributed by atoms with Gasteiger partial charge in [0.1, 0.15) is 30.2 Å². The lowest BCUT2D eigenvalue weighted by molar-refractivity contribution is -0.138. The number of primary amides is 1. The lowest BCUT2D eigenvalue weighted by Gasteiger charge is -2.21. The van der Waals surface area contributed by atoms with Gasteiger partial charge < -0.3 is 69.7 Å². The summed E-state index contributed by atoms with van der Waals surface area (Å²) >= 11 is 9.10. The van der Waals surface area contributed by atoms with E-state index >= 15 is 0 Å². The van der Waals surface area contributed by atoms with E-state index in [-0.39, 0.29) is 41.9 Å². The molecular weight excluding hydrogens is 869 g/mol. The van der Waals surface area contributed by atoms with Crippen LogP contribution in [0.1, 0.15) is 46.0 Å². The first kappa shape index (κ1) is 55.7. The summed E-state index contributed by atoms with van der Waals surface area (Å²) in [4.78, 5) is 146. The number of thioether (sulfide) groups is 1. The number of hydrogen-bond donors (Lipinski definition) is 15. The zero-order valence-corrected chi connectivity index (χ0v) is 36.2. The Balaban J connectivity index is 5.17. The molecule has 0 aliphatic rings. The first-order valence-electron chi connectivity index (χ1n) is 18.5. The van der Waals surface area contributed by atoms with Gasteiger partial charge in [0.05, 0.1) is 32.1 Å². The van der Waals surface area contributed by atoms with E-state index in [2.05, 4.69) is 78.4 Å². The monoisotopic (exact) mass is 924 g/mol. The van der Waals surface area contributed by atoms with Gasteiger partial charge in [-0.05, 0) is 32.2 Å². The molecule has 0 aliphatic carbocycles. The number of carbonyl (C=O) groups is 12. The van der Waals surface area contributed by atoms with Crippen molar-refractivity contribution in [2.45, 2.75) is 76.2 Å². The number of rotatable bonds is 31. The van der Waals surface area contributed by atoms with Crippen molar-refractivity contribution in [3.63, 3.8) is 0 Å². The summed E-state index contributed by atoms with van der Waals surface area (Å²) in [5, 5.41) is 32.2. The number of carboxylic acids is 1. The van der Waals surface area contributed by atoms with Crippen LogP contribution in [0.25, 0.3) is 0 Å². The number of aliphatic carboxylic acids is 1. The molecule has 5 atom stereocenters. The van der Waals surface area contributed by atoms with Crippen molar-refractivity contribution < 1.29 is 62.6 Å². The molecule has 0 fully saturated rings. The topological polar surface area (TPSA) is 397 Å². The molecule has 0 rings (SSSR count). The van der Waals surface area contributed by atoms with Crippen LogP contribution in [0.2, 0.25) is 0 Å². The van der Waals surface area contributed by atoms with Crippen molar-refractivity contribution in [2.24, 2.45) is 11.5 Å². The van der Waals surface area contributed by atoms with Crippen LogP contribution in [-0.2, 0) is 57.5 Å². The van der Waals surface area contributed by atoms with Crippen LogP contribution in [0.4, 0.5) is 0 Å². The standard InChI is InChI=1S/C33H56N12O13S3/c1-17(46)40-16-61-15-23(45-27(51)12-36-30(55)20(41-18(2)47)5-3-4-8-34)33(58)39-11-26(50)44-22(14-60)32(57)38-10-25(49)43-21(13-59)31(56)37-9-24(48)42-19(29(35)54)6-7-28(52)53/h19-23,59-60H,3-16,34H2,1-2H3,(H2,35,54)(H,36,55)(H,37,56)(H,38,57)(H,39,58)(H,40,46)(H,41,47)(H,42,48)(H,43,49)(H,44,50)(H,45,51)(H,52,53)/t19-,20-,21-,22-,23-/m0/s1. The van der Waals surface area contributed by atoms with Crippen LogP contribution in [0.5, 0.6) is 0 Å². The Morgan fingerprint density at radius 1 is 0.541 bits per heavy atom. The Hall–Kier alpha value is -5.35. The summed E-state index contributed by atoms with van der Waals surface area (Å²) < 4.78 is 0. The summed E-state index contributed by atoms with van der Waals surface area (Å²) in [7, 11) is 0. The van der Waals surface area contributed by atoms with Gasteiger partial charge in [-0.3, -0.25) is 57.5 Å². The van der Waals surface area contributed by atoms with E-state index in [1.54, 1.807) is 0 Å². The average molecular weight is 925 g/mol. The van der Waals surface area contributed by atoms with Gasteiger partial charge in [0.25, 0.3) is 0 Å². The van der Waals surface area contributed by atoms with Gasteiger partial charge in [-0.2, -0.15) is 25.3 Å². The summed E-state index contributed by atoms with van der Waals surface area (Å²) in [5.41, 5.74) is 10.7. The summed E-state index contributed by atoms with van der Waals surface area (Å²) in [6, 6.07) is -6.10. The van der Waals surface area contributed by atoms with Crippen molar-refractivity contribution in [3.05, 3.63) is 0 Å². The maximum absolute atomic E-state index is 13.1. The number of unbranched alkanes of at least 4 members (excludes halogenated alkanes) is 1. The molecule has 28 heteroatoms. The maximum atomic E-state index is 13.1. The third-order valence-corrected chi connectivity index (χ3v) is 9.33. The van der Waals surface area contributed by atoms with Gasteiger partial charge in [0.15, 0.2) is 0 Å². The fourth-order valence-electron chi connectivity index (χ4n) is 4.60. The summed E-state index contributed by atoms with van der Waals surface area (Å²) in [6.07, 6.45) is 0.679. The highest BCUT2D eigenvalue weighted by molar-refractivity contribution is 7.99. The molecule has 0 saturated heterocycles. The van der Waals surface area contributed by atoms with E-state index in [9.17, 15) is 57.5 Å². The molecule has 15 N–H and O–H groups in total. The lowest BCUT2D eigenvalue weighted by Crippen LogP contribution is -2.56. The molecule has 25 nitrogen and oxygen atoms in total. The van der Waals surface area contributed by atoms with E-state index < -0.39 is 128 Å². The number of nitrogens with two attached hydrogens (primary N) is 2. The van der Waals surface area contributed by atoms with Gasteiger partial charge in [-0.15, -0.1) is 11.8 Å². The largest absolute Gasteiger partial charge is 0.481 e. The molecule has 0 aliphatic heterocycles. The Labute approximate surface area is 366 Å². The Morgan fingerprint density at radius 3 is 1.33 bits per heavy atom. The average Bonchev–Trinajstić information content (AvgIpc) is 3.19. The second kappa shape index (κ2) is 31.5. The molecule has 0 aromatic carbocycles. The normalized spacial score (nSPS) is 12.9. The molecule has 0 heterocycles. The number of thiol groups is 2. The SMILES string of the molecule is CC(=O)NCSC[C@H](NC(=O)CNC(=O)[C@H](CCCCN)NC(C)=O)C(=O)NCC(=O)N[C@@H](CS)C(=O)NCC(=O)N[C@@H](CS)C(=O)NCC(=O)N[C@@H](CCC(=O)O)C(N)=O. The van der Waals surface area contributed by atoms with Crippen LogP contribution < -0.4 is 64.6 Å². The van der Waals surface area contributed by atoms with E-state index in [1.165, 1.54) is 13.8 Å². The highest BCUT2D eigenvalue weighted by Gasteiger charge is 2.27. The van der Waals surface area contributed by atoms with Crippen LogP contribution >= 0.6 is 37.0 Å².